The molecule has 0 aliphatic heterocycles. The largest absolute Gasteiger partial charge is 0.338 e. The summed E-state index contributed by atoms with van der Waals surface area (Å²) in [6.07, 6.45) is 1.26. The highest BCUT2D eigenvalue weighted by atomic mass is 19.1. The molecule has 2 N–H and O–H groups in total. The lowest BCUT2D eigenvalue weighted by Gasteiger charge is -2.06. The molecule has 0 bridgehead atoms. The molecular weight excluding hydrogens is 226 g/mol. The first-order valence-corrected chi connectivity index (χ1v) is 5.58. The zero-order chi connectivity index (χ0) is 12.7. The molecule has 17 heavy (non-hydrogen) atoms. The molecule has 0 fully saturated rings. The Balaban J connectivity index is 2.33. The molecule has 0 heterocycles. The topological polar surface area (TPSA) is 41.1 Å². The molecule has 1 rings (SSSR count). The summed E-state index contributed by atoms with van der Waals surface area (Å²) in [7, 11) is 0. The Morgan fingerprint density at radius 3 is 2.29 bits per heavy atom. The van der Waals surface area contributed by atoms with Gasteiger partial charge in [-0.1, -0.05) is 6.92 Å². The lowest BCUT2D eigenvalue weighted by atomic mass is 10.1. The molecule has 1 aromatic carbocycles. The van der Waals surface area contributed by atoms with Gasteiger partial charge in [0, 0.05) is 19.2 Å². The van der Waals surface area contributed by atoms with E-state index in [1.807, 2.05) is 6.92 Å². The first kappa shape index (κ1) is 13.4. The summed E-state index contributed by atoms with van der Waals surface area (Å²) in [6.45, 7) is 2.91. The third kappa shape index (κ3) is 5.29. The fourth-order valence-corrected chi connectivity index (χ4v) is 1.38. The van der Waals surface area contributed by atoms with Crippen LogP contribution in [0, 0.1) is 11.6 Å². The van der Waals surface area contributed by atoms with Crippen LogP contribution in [0.4, 0.5) is 13.6 Å². The number of hydrogen-bond donors (Lipinski definition) is 2. The van der Waals surface area contributed by atoms with Crippen molar-refractivity contribution < 1.29 is 13.6 Å². The van der Waals surface area contributed by atoms with Gasteiger partial charge in [0.15, 0.2) is 0 Å². The predicted octanol–water partition coefficient (Wildman–Crippen LogP) is 2.22. The van der Waals surface area contributed by atoms with E-state index in [0.717, 1.165) is 12.5 Å². The first-order valence-electron chi connectivity index (χ1n) is 5.58. The number of carbonyl (C=O) groups excluding carboxylic acids is 1. The Morgan fingerprint density at radius 2 is 1.71 bits per heavy atom. The number of rotatable bonds is 5. The SMILES string of the molecule is CCCNC(=O)NCCc1cc(F)cc(F)c1. The zero-order valence-corrected chi connectivity index (χ0v) is 9.72. The van der Waals surface area contributed by atoms with Gasteiger partial charge >= 0.3 is 6.03 Å². The van der Waals surface area contributed by atoms with Gasteiger partial charge in [-0.05, 0) is 30.5 Å². The summed E-state index contributed by atoms with van der Waals surface area (Å²) in [5, 5.41) is 5.25. The van der Waals surface area contributed by atoms with Crippen LogP contribution in [0.1, 0.15) is 18.9 Å². The molecule has 0 spiro atoms. The van der Waals surface area contributed by atoms with Crippen molar-refractivity contribution in [2.24, 2.45) is 0 Å². The second kappa shape index (κ2) is 6.83. The molecule has 1 aromatic rings. The fraction of sp³-hybridized carbons (Fsp3) is 0.417. The Bertz CT molecular complexity index is 363. The van der Waals surface area contributed by atoms with Gasteiger partial charge in [-0.3, -0.25) is 0 Å². The maximum atomic E-state index is 12.8. The van der Waals surface area contributed by atoms with Crippen LogP contribution in [-0.4, -0.2) is 19.1 Å². The van der Waals surface area contributed by atoms with E-state index in [0.29, 0.717) is 25.1 Å². The minimum atomic E-state index is -0.601. The van der Waals surface area contributed by atoms with E-state index >= 15 is 0 Å². The maximum absolute atomic E-state index is 12.8. The minimum absolute atomic E-state index is 0.260. The molecule has 0 saturated carbocycles. The van der Waals surface area contributed by atoms with Gasteiger partial charge in [-0.15, -0.1) is 0 Å². The summed E-state index contributed by atoms with van der Waals surface area (Å²) < 4.78 is 25.7. The van der Waals surface area contributed by atoms with E-state index in [9.17, 15) is 13.6 Å². The Hall–Kier alpha value is -1.65. The van der Waals surface area contributed by atoms with Gasteiger partial charge in [0.2, 0.25) is 0 Å². The van der Waals surface area contributed by atoms with E-state index in [-0.39, 0.29) is 6.03 Å². The van der Waals surface area contributed by atoms with Crippen LogP contribution in [-0.2, 0) is 6.42 Å². The van der Waals surface area contributed by atoms with E-state index in [1.165, 1.54) is 12.1 Å². The molecule has 0 aromatic heterocycles. The zero-order valence-electron chi connectivity index (χ0n) is 9.72. The summed E-state index contributed by atoms with van der Waals surface area (Å²) in [6, 6.07) is 3.08. The molecule has 2 amide bonds. The molecule has 0 radical (unpaired) electrons. The van der Waals surface area contributed by atoms with Crippen LogP contribution >= 0.6 is 0 Å². The van der Waals surface area contributed by atoms with Crippen molar-refractivity contribution in [1.29, 1.82) is 0 Å². The fourth-order valence-electron chi connectivity index (χ4n) is 1.38. The van der Waals surface area contributed by atoms with Crippen molar-refractivity contribution in [3.05, 3.63) is 35.4 Å². The van der Waals surface area contributed by atoms with E-state index in [1.54, 1.807) is 0 Å². The molecule has 94 valence electrons. The standard InChI is InChI=1S/C12H16F2N2O/c1-2-4-15-12(17)16-5-3-9-6-10(13)8-11(14)7-9/h6-8H,2-5H2,1H3,(H2,15,16,17). The van der Waals surface area contributed by atoms with Crippen molar-refractivity contribution in [2.75, 3.05) is 13.1 Å². The van der Waals surface area contributed by atoms with Crippen LogP contribution in [0.5, 0.6) is 0 Å². The molecule has 5 heteroatoms. The average molecular weight is 242 g/mol. The number of nitrogens with one attached hydrogen (secondary N) is 2. The molecule has 0 saturated heterocycles. The third-order valence-electron chi connectivity index (χ3n) is 2.16. The summed E-state index contributed by atoms with van der Waals surface area (Å²) in [5.41, 5.74) is 0.526. The Labute approximate surface area is 99.2 Å². The van der Waals surface area contributed by atoms with Crippen LogP contribution in [0.25, 0.3) is 0 Å². The summed E-state index contributed by atoms with van der Waals surface area (Å²) in [5.74, 6) is -1.20. The normalized spacial score (nSPS) is 10.1. The first-order chi connectivity index (χ1) is 8.11. The number of hydrogen-bond acceptors (Lipinski definition) is 1. The number of benzene rings is 1. The number of amides is 2. The van der Waals surface area contributed by atoms with E-state index in [2.05, 4.69) is 10.6 Å². The van der Waals surface area contributed by atoms with Gasteiger partial charge in [0.05, 0.1) is 0 Å². The Morgan fingerprint density at radius 1 is 1.12 bits per heavy atom. The van der Waals surface area contributed by atoms with Crippen molar-refractivity contribution in [2.45, 2.75) is 19.8 Å². The van der Waals surface area contributed by atoms with Gasteiger partial charge < -0.3 is 10.6 Å². The van der Waals surface area contributed by atoms with Gasteiger partial charge in [0.25, 0.3) is 0 Å². The van der Waals surface area contributed by atoms with Crippen molar-refractivity contribution in [3.63, 3.8) is 0 Å². The van der Waals surface area contributed by atoms with E-state index < -0.39 is 11.6 Å². The monoisotopic (exact) mass is 242 g/mol. The smallest absolute Gasteiger partial charge is 0.314 e. The Kier molecular flexibility index (Phi) is 5.39. The van der Waals surface area contributed by atoms with Crippen molar-refractivity contribution >= 4 is 6.03 Å². The van der Waals surface area contributed by atoms with Crippen LogP contribution in [0.3, 0.4) is 0 Å². The summed E-state index contributed by atoms with van der Waals surface area (Å²) >= 11 is 0. The van der Waals surface area contributed by atoms with Crippen molar-refractivity contribution in [1.82, 2.24) is 10.6 Å². The van der Waals surface area contributed by atoms with E-state index in [4.69, 9.17) is 0 Å². The lowest BCUT2D eigenvalue weighted by Crippen LogP contribution is -2.36. The molecular formula is C12H16F2N2O. The van der Waals surface area contributed by atoms with Crippen LogP contribution in [0.15, 0.2) is 18.2 Å². The highest BCUT2D eigenvalue weighted by molar-refractivity contribution is 5.73. The molecule has 3 nitrogen and oxygen atoms in total. The molecule has 0 atom stereocenters. The molecule has 0 unspecified atom stereocenters. The number of carbonyl (C=O) groups is 1. The maximum Gasteiger partial charge on any atom is 0.314 e. The molecule has 0 aliphatic rings. The van der Waals surface area contributed by atoms with Crippen LogP contribution in [0.2, 0.25) is 0 Å². The third-order valence-corrected chi connectivity index (χ3v) is 2.16. The number of urea groups is 1. The highest BCUT2D eigenvalue weighted by Gasteiger charge is 2.02. The van der Waals surface area contributed by atoms with Gasteiger partial charge in [-0.25, -0.2) is 13.6 Å². The second-order valence-electron chi connectivity index (χ2n) is 3.71. The predicted molar refractivity (Wildman–Crippen MR) is 61.8 cm³/mol. The van der Waals surface area contributed by atoms with Crippen LogP contribution < -0.4 is 10.6 Å². The van der Waals surface area contributed by atoms with Gasteiger partial charge in [-0.2, -0.15) is 0 Å². The average Bonchev–Trinajstić information content (AvgIpc) is 2.25. The second-order valence-corrected chi connectivity index (χ2v) is 3.71. The number of halogens is 2. The molecule has 0 aliphatic carbocycles. The van der Waals surface area contributed by atoms with Crippen molar-refractivity contribution in [3.8, 4) is 0 Å². The quantitative estimate of drug-likeness (QED) is 0.816. The highest BCUT2D eigenvalue weighted by Crippen LogP contribution is 2.07. The minimum Gasteiger partial charge on any atom is -0.338 e. The van der Waals surface area contributed by atoms with Gasteiger partial charge in [0.1, 0.15) is 11.6 Å². The lowest BCUT2D eigenvalue weighted by molar-refractivity contribution is 0.241. The summed E-state index contributed by atoms with van der Waals surface area (Å²) in [4.78, 5) is 11.2.